The van der Waals surface area contributed by atoms with Gasteiger partial charge in [-0.1, -0.05) is 48.0 Å². The molecule has 0 aliphatic rings. The lowest BCUT2D eigenvalue weighted by atomic mass is 10.0. The highest BCUT2D eigenvalue weighted by molar-refractivity contribution is 9.08. The van der Waals surface area contributed by atoms with Crippen molar-refractivity contribution in [2.24, 2.45) is 0 Å². The number of hydrogen-bond donors (Lipinski definition) is 0. The number of aryl methyl sites for hydroxylation is 1. The first-order chi connectivity index (χ1) is 8.13. The molecule has 0 radical (unpaired) electrons. The Morgan fingerprint density at radius 3 is 2.59 bits per heavy atom. The van der Waals surface area contributed by atoms with Gasteiger partial charge in [-0.05, 0) is 24.5 Å². The molecule has 1 aromatic carbocycles. The third kappa shape index (κ3) is 2.44. The third-order valence-corrected chi connectivity index (χ3v) is 3.55. The highest BCUT2D eigenvalue weighted by atomic mass is 79.9. The molecule has 90 valence electrons. The zero-order valence-electron chi connectivity index (χ0n) is 10.4. The Morgan fingerprint density at radius 1 is 1.29 bits per heavy atom. The van der Waals surface area contributed by atoms with Crippen molar-refractivity contribution in [3.8, 4) is 5.69 Å². The van der Waals surface area contributed by atoms with Crippen molar-refractivity contribution in [2.45, 2.75) is 32.0 Å². The molecular formula is C14H17BrN2. The van der Waals surface area contributed by atoms with Gasteiger partial charge in [-0.15, -0.1) is 0 Å². The minimum atomic E-state index is 0.503. The third-order valence-electron chi connectivity index (χ3n) is 2.95. The normalized spacial score (nSPS) is 11.1. The molecule has 0 saturated heterocycles. The highest BCUT2D eigenvalue weighted by Crippen LogP contribution is 2.23. The van der Waals surface area contributed by atoms with Crippen molar-refractivity contribution in [3.63, 3.8) is 0 Å². The zero-order chi connectivity index (χ0) is 12.4. The van der Waals surface area contributed by atoms with Crippen LogP contribution in [-0.2, 0) is 5.33 Å². The lowest BCUT2D eigenvalue weighted by Crippen LogP contribution is -2.01. The quantitative estimate of drug-likeness (QED) is 0.776. The van der Waals surface area contributed by atoms with Crippen LogP contribution in [0.5, 0.6) is 0 Å². The van der Waals surface area contributed by atoms with Gasteiger partial charge in [0.25, 0.3) is 0 Å². The van der Waals surface area contributed by atoms with Crippen LogP contribution >= 0.6 is 15.9 Å². The fourth-order valence-corrected chi connectivity index (χ4v) is 2.49. The summed E-state index contributed by atoms with van der Waals surface area (Å²) in [5, 5.41) is 5.43. The maximum Gasteiger partial charge on any atom is 0.0680 e. The molecule has 17 heavy (non-hydrogen) atoms. The summed E-state index contributed by atoms with van der Waals surface area (Å²) in [5.41, 5.74) is 4.83. The molecule has 2 aromatic rings. The van der Waals surface area contributed by atoms with Gasteiger partial charge in [0.2, 0.25) is 0 Å². The molecule has 0 saturated carbocycles. The molecule has 0 aliphatic heterocycles. The van der Waals surface area contributed by atoms with Gasteiger partial charge in [-0.2, -0.15) is 5.10 Å². The maximum atomic E-state index is 4.58. The number of nitrogens with zero attached hydrogens (tertiary/aromatic N) is 2. The summed E-state index contributed by atoms with van der Waals surface area (Å²) < 4.78 is 1.99. The van der Waals surface area contributed by atoms with Crippen molar-refractivity contribution in [2.75, 3.05) is 0 Å². The van der Waals surface area contributed by atoms with E-state index in [9.17, 15) is 0 Å². The minimum Gasteiger partial charge on any atom is -0.240 e. The van der Waals surface area contributed by atoms with E-state index in [0.29, 0.717) is 5.92 Å². The Balaban J connectivity index is 2.52. The summed E-state index contributed by atoms with van der Waals surface area (Å²) in [4.78, 5) is 0. The molecule has 2 rings (SSSR count). The molecule has 2 nitrogen and oxygen atoms in total. The molecule has 0 unspecified atom stereocenters. The minimum absolute atomic E-state index is 0.503. The second-order valence-corrected chi connectivity index (χ2v) is 5.09. The van der Waals surface area contributed by atoms with Gasteiger partial charge in [-0.25, -0.2) is 4.68 Å². The number of benzene rings is 1. The van der Waals surface area contributed by atoms with E-state index in [1.54, 1.807) is 0 Å². The van der Waals surface area contributed by atoms with Crippen molar-refractivity contribution >= 4 is 15.9 Å². The molecule has 0 atom stereocenters. The van der Waals surface area contributed by atoms with Crippen LogP contribution in [-0.4, -0.2) is 9.78 Å². The second kappa shape index (κ2) is 5.05. The van der Waals surface area contributed by atoms with Crippen LogP contribution in [0.3, 0.4) is 0 Å². The smallest absolute Gasteiger partial charge is 0.0680 e. The van der Waals surface area contributed by atoms with Gasteiger partial charge in [-0.3, -0.25) is 0 Å². The molecule has 0 spiro atoms. The summed E-state index contributed by atoms with van der Waals surface area (Å²) in [7, 11) is 0. The standard InChI is InChI=1S/C14H17BrN2/c1-10(2)13-6-4-5-7-14(13)17-9-12(8-15)11(3)16-17/h4-7,9-10H,8H2,1-3H3. The van der Waals surface area contributed by atoms with Crippen molar-refractivity contribution in [1.29, 1.82) is 0 Å². The molecule has 1 heterocycles. The van der Waals surface area contributed by atoms with Crippen LogP contribution in [0.15, 0.2) is 30.5 Å². The Kier molecular flexibility index (Phi) is 3.67. The zero-order valence-corrected chi connectivity index (χ0v) is 12.0. The SMILES string of the molecule is Cc1nn(-c2ccccc2C(C)C)cc1CBr. The highest BCUT2D eigenvalue weighted by Gasteiger charge is 2.10. The first-order valence-electron chi connectivity index (χ1n) is 5.84. The number of alkyl halides is 1. The van der Waals surface area contributed by atoms with Crippen molar-refractivity contribution in [1.82, 2.24) is 9.78 Å². The van der Waals surface area contributed by atoms with E-state index in [1.165, 1.54) is 16.8 Å². The van der Waals surface area contributed by atoms with E-state index >= 15 is 0 Å². The molecule has 0 amide bonds. The molecule has 0 aliphatic carbocycles. The average Bonchev–Trinajstić information content (AvgIpc) is 2.70. The first kappa shape index (κ1) is 12.4. The number of para-hydroxylation sites is 1. The van der Waals surface area contributed by atoms with Crippen molar-refractivity contribution < 1.29 is 0 Å². The fourth-order valence-electron chi connectivity index (χ4n) is 1.93. The fraction of sp³-hybridized carbons (Fsp3) is 0.357. The molecule has 3 heteroatoms. The topological polar surface area (TPSA) is 17.8 Å². The number of halogens is 1. The summed E-state index contributed by atoms with van der Waals surface area (Å²) in [6.45, 7) is 6.46. The largest absolute Gasteiger partial charge is 0.240 e. The van der Waals surface area contributed by atoms with Crippen LogP contribution < -0.4 is 0 Å². The molecular weight excluding hydrogens is 276 g/mol. The van der Waals surface area contributed by atoms with E-state index in [4.69, 9.17) is 0 Å². The Bertz CT molecular complexity index is 515. The van der Waals surface area contributed by atoms with Crippen LogP contribution in [0.25, 0.3) is 5.69 Å². The van der Waals surface area contributed by atoms with E-state index in [0.717, 1.165) is 11.0 Å². The first-order valence-corrected chi connectivity index (χ1v) is 6.96. The number of hydrogen-bond acceptors (Lipinski definition) is 1. The van der Waals surface area contributed by atoms with Crippen LogP contribution in [0.4, 0.5) is 0 Å². The summed E-state index contributed by atoms with van der Waals surface area (Å²) in [6, 6.07) is 8.44. The lowest BCUT2D eigenvalue weighted by Gasteiger charge is -2.12. The number of aromatic nitrogens is 2. The van der Waals surface area contributed by atoms with E-state index in [1.807, 2.05) is 11.6 Å². The molecule has 1 aromatic heterocycles. The lowest BCUT2D eigenvalue weighted by molar-refractivity contribution is 0.802. The van der Waals surface area contributed by atoms with E-state index in [2.05, 4.69) is 65.3 Å². The second-order valence-electron chi connectivity index (χ2n) is 4.53. The van der Waals surface area contributed by atoms with Gasteiger partial charge in [0, 0.05) is 17.1 Å². The monoisotopic (exact) mass is 292 g/mol. The predicted octanol–water partition coefficient (Wildman–Crippen LogP) is 4.20. The van der Waals surface area contributed by atoms with Crippen molar-refractivity contribution in [3.05, 3.63) is 47.3 Å². The average molecular weight is 293 g/mol. The van der Waals surface area contributed by atoms with E-state index in [-0.39, 0.29) is 0 Å². The van der Waals surface area contributed by atoms with Gasteiger partial charge in [0.15, 0.2) is 0 Å². The van der Waals surface area contributed by atoms with Gasteiger partial charge in [0.1, 0.15) is 0 Å². The van der Waals surface area contributed by atoms with Crippen LogP contribution in [0.2, 0.25) is 0 Å². The van der Waals surface area contributed by atoms with Crippen LogP contribution in [0.1, 0.15) is 36.6 Å². The Hall–Kier alpha value is -1.09. The predicted molar refractivity (Wildman–Crippen MR) is 75.0 cm³/mol. The van der Waals surface area contributed by atoms with E-state index < -0.39 is 0 Å². The Morgan fingerprint density at radius 2 is 2.00 bits per heavy atom. The summed E-state index contributed by atoms with van der Waals surface area (Å²) >= 11 is 3.49. The molecule has 0 fully saturated rings. The molecule has 0 bridgehead atoms. The summed E-state index contributed by atoms with van der Waals surface area (Å²) in [6.07, 6.45) is 2.10. The van der Waals surface area contributed by atoms with Gasteiger partial charge < -0.3 is 0 Å². The summed E-state index contributed by atoms with van der Waals surface area (Å²) in [5.74, 6) is 0.503. The number of rotatable bonds is 3. The van der Waals surface area contributed by atoms with Gasteiger partial charge in [0.05, 0.1) is 11.4 Å². The van der Waals surface area contributed by atoms with Gasteiger partial charge >= 0.3 is 0 Å². The maximum absolute atomic E-state index is 4.58. The molecule has 0 N–H and O–H groups in total. The van der Waals surface area contributed by atoms with Crippen LogP contribution in [0, 0.1) is 6.92 Å². The Labute approximate surface area is 111 Å².